The second-order valence-corrected chi connectivity index (χ2v) is 5.83. The van der Waals surface area contributed by atoms with Gasteiger partial charge in [-0.25, -0.2) is 0 Å². The molecule has 2 aromatic carbocycles. The molecular weight excluding hydrogens is 346 g/mol. The summed E-state index contributed by atoms with van der Waals surface area (Å²) < 4.78 is 10.3. The number of benzene rings is 2. The van der Waals surface area contributed by atoms with Crippen molar-refractivity contribution < 1.29 is 18.8 Å². The molecule has 7 heteroatoms. The van der Waals surface area contributed by atoms with Crippen LogP contribution in [0.1, 0.15) is 16.1 Å². The summed E-state index contributed by atoms with van der Waals surface area (Å²) in [5, 5.41) is 8.81. The van der Waals surface area contributed by atoms with Crippen LogP contribution in [0.25, 0.3) is 11.1 Å². The number of rotatable bonds is 6. The Morgan fingerprint density at radius 2 is 1.89 bits per heavy atom. The molecule has 2 N–H and O–H groups in total. The molecule has 138 valence electrons. The molecule has 0 radical (unpaired) electrons. The number of carbonyl (C=O) groups is 2. The van der Waals surface area contributed by atoms with Gasteiger partial charge in [-0.3, -0.25) is 9.59 Å². The lowest BCUT2D eigenvalue weighted by molar-refractivity contribution is -0.115. The second-order valence-electron chi connectivity index (χ2n) is 5.83. The van der Waals surface area contributed by atoms with Gasteiger partial charge >= 0.3 is 0 Å². The van der Waals surface area contributed by atoms with Gasteiger partial charge in [0.1, 0.15) is 11.5 Å². The van der Waals surface area contributed by atoms with E-state index in [9.17, 15) is 9.59 Å². The summed E-state index contributed by atoms with van der Waals surface area (Å²) >= 11 is 0. The van der Waals surface area contributed by atoms with Crippen molar-refractivity contribution in [1.29, 1.82) is 0 Å². The van der Waals surface area contributed by atoms with Crippen LogP contribution in [0.3, 0.4) is 0 Å². The Hall–Kier alpha value is -3.61. The fraction of sp³-hybridized carbons (Fsp3) is 0.150. The first-order valence-electron chi connectivity index (χ1n) is 8.31. The number of hydrogen-bond acceptors (Lipinski definition) is 5. The second kappa shape index (κ2) is 8.18. The number of carbonyl (C=O) groups excluding carboxylic acids is 2. The van der Waals surface area contributed by atoms with Crippen LogP contribution in [-0.4, -0.2) is 30.6 Å². The van der Waals surface area contributed by atoms with Gasteiger partial charge in [0.15, 0.2) is 5.82 Å². The lowest BCUT2D eigenvalue weighted by atomic mass is 10.0. The van der Waals surface area contributed by atoms with Gasteiger partial charge in [-0.15, -0.1) is 0 Å². The van der Waals surface area contributed by atoms with E-state index in [1.807, 2.05) is 30.3 Å². The van der Waals surface area contributed by atoms with Crippen LogP contribution in [0.2, 0.25) is 0 Å². The van der Waals surface area contributed by atoms with Gasteiger partial charge in [-0.05, 0) is 30.7 Å². The predicted molar refractivity (Wildman–Crippen MR) is 101 cm³/mol. The maximum atomic E-state index is 12.4. The first kappa shape index (κ1) is 18.2. The van der Waals surface area contributed by atoms with Crippen LogP contribution in [0.15, 0.2) is 59.1 Å². The van der Waals surface area contributed by atoms with Crippen molar-refractivity contribution in [2.45, 2.75) is 6.92 Å². The van der Waals surface area contributed by atoms with Crippen molar-refractivity contribution in [3.63, 3.8) is 0 Å². The van der Waals surface area contributed by atoms with E-state index in [4.69, 9.17) is 9.26 Å². The summed E-state index contributed by atoms with van der Waals surface area (Å²) in [6.07, 6.45) is 0. The third-order valence-corrected chi connectivity index (χ3v) is 3.85. The van der Waals surface area contributed by atoms with E-state index in [1.54, 1.807) is 38.3 Å². The van der Waals surface area contributed by atoms with Gasteiger partial charge in [-0.1, -0.05) is 35.5 Å². The molecule has 0 spiro atoms. The molecule has 0 fully saturated rings. The molecule has 3 rings (SSSR count). The monoisotopic (exact) mass is 365 g/mol. The predicted octanol–water partition coefficient (Wildman–Crippen LogP) is 3.03. The third kappa shape index (κ3) is 4.52. The van der Waals surface area contributed by atoms with Crippen molar-refractivity contribution in [2.24, 2.45) is 0 Å². The summed E-state index contributed by atoms with van der Waals surface area (Å²) in [5.74, 6) is 0.801. The minimum Gasteiger partial charge on any atom is -0.496 e. The molecule has 0 atom stereocenters. The summed E-state index contributed by atoms with van der Waals surface area (Å²) in [4.78, 5) is 24.3. The zero-order valence-electron chi connectivity index (χ0n) is 15.0. The van der Waals surface area contributed by atoms with Crippen molar-refractivity contribution in [1.82, 2.24) is 10.5 Å². The van der Waals surface area contributed by atoms with Crippen LogP contribution in [-0.2, 0) is 4.79 Å². The average Bonchev–Trinajstić information content (AvgIpc) is 3.10. The minimum absolute atomic E-state index is 0.183. The molecule has 3 aromatic rings. The lowest BCUT2D eigenvalue weighted by Crippen LogP contribution is -2.32. The number of ether oxygens (including phenoxy) is 1. The Balaban J connectivity index is 1.68. The number of anilines is 1. The Morgan fingerprint density at radius 1 is 1.11 bits per heavy atom. The highest BCUT2D eigenvalue weighted by Gasteiger charge is 2.13. The molecule has 7 nitrogen and oxygen atoms in total. The number of aromatic nitrogens is 1. The SMILES string of the molecule is COc1ccc(C(=O)NCC(=O)Nc2cc(C)on2)cc1-c1ccccc1. The van der Waals surface area contributed by atoms with Gasteiger partial charge < -0.3 is 19.9 Å². The molecular formula is C20H19N3O4. The highest BCUT2D eigenvalue weighted by molar-refractivity contribution is 6.00. The van der Waals surface area contributed by atoms with Gasteiger partial charge in [-0.2, -0.15) is 0 Å². The summed E-state index contributed by atoms with van der Waals surface area (Å²) in [5.41, 5.74) is 2.16. The van der Waals surface area contributed by atoms with E-state index in [0.717, 1.165) is 11.1 Å². The van der Waals surface area contributed by atoms with Gasteiger partial charge in [0.05, 0.1) is 13.7 Å². The number of hydrogen-bond donors (Lipinski definition) is 2. The van der Waals surface area contributed by atoms with E-state index >= 15 is 0 Å². The molecule has 0 aliphatic heterocycles. The van der Waals surface area contributed by atoms with E-state index in [-0.39, 0.29) is 12.5 Å². The molecule has 2 amide bonds. The van der Waals surface area contributed by atoms with Gasteiger partial charge in [0, 0.05) is 17.2 Å². The molecule has 1 heterocycles. The number of nitrogens with zero attached hydrogens (tertiary/aromatic N) is 1. The van der Waals surface area contributed by atoms with E-state index in [2.05, 4.69) is 15.8 Å². The largest absolute Gasteiger partial charge is 0.496 e. The molecule has 1 aromatic heterocycles. The maximum Gasteiger partial charge on any atom is 0.251 e. The molecule has 27 heavy (non-hydrogen) atoms. The molecule has 0 aliphatic rings. The van der Waals surface area contributed by atoms with Crippen LogP contribution >= 0.6 is 0 Å². The standard InChI is InChI=1S/C20H19N3O4/c1-13-10-18(23-27-13)22-19(24)12-21-20(25)15-8-9-17(26-2)16(11-15)14-6-4-3-5-7-14/h3-11H,12H2,1-2H3,(H,21,25)(H,22,23,24). The molecule has 0 bridgehead atoms. The average molecular weight is 365 g/mol. The first-order chi connectivity index (χ1) is 13.1. The third-order valence-electron chi connectivity index (χ3n) is 3.85. The van der Waals surface area contributed by atoms with Crippen LogP contribution in [0.5, 0.6) is 5.75 Å². The number of aryl methyl sites for hydroxylation is 1. The Labute approximate surface area is 156 Å². The molecule has 0 aliphatic carbocycles. The normalized spacial score (nSPS) is 10.3. The van der Waals surface area contributed by atoms with E-state index < -0.39 is 5.91 Å². The van der Waals surface area contributed by atoms with Crippen molar-refractivity contribution >= 4 is 17.6 Å². The Kier molecular flexibility index (Phi) is 5.51. The summed E-state index contributed by atoms with van der Waals surface area (Å²) in [6.45, 7) is 1.54. The summed E-state index contributed by atoms with van der Waals surface area (Å²) in [6, 6.07) is 16.3. The van der Waals surface area contributed by atoms with Gasteiger partial charge in [0.2, 0.25) is 5.91 Å². The summed E-state index contributed by atoms with van der Waals surface area (Å²) in [7, 11) is 1.58. The number of amides is 2. The van der Waals surface area contributed by atoms with Crippen LogP contribution in [0, 0.1) is 6.92 Å². The van der Waals surface area contributed by atoms with Crippen LogP contribution < -0.4 is 15.4 Å². The fourth-order valence-electron chi connectivity index (χ4n) is 2.57. The highest BCUT2D eigenvalue weighted by Crippen LogP contribution is 2.30. The smallest absolute Gasteiger partial charge is 0.251 e. The zero-order valence-corrected chi connectivity index (χ0v) is 15.0. The topological polar surface area (TPSA) is 93.5 Å². The van der Waals surface area contributed by atoms with E-state index in [1.165, 1.54) is 0 Å². The molecule has 0 unspecified atom stereocenters. The molecule has 0 saturated carbocycles. The quantitative estimate of drug-likeness (QED) is 0.700. The van der Waals surface area contributed by atoms with E-state index in [0.29, 0.717) is 22.9 Å². The van der Waals surface area contributed by atoms with Crippen molar-refractivity contribution in [2.75, 3.05) is 19.0 Å². The van der Waals surface area contributed by atoms with Crippen molar-refractivity contribution in [3.8, 4) is 16.9 Å². The Morgan fingerprint density at radius 3 is 2.56 bits per heavy atom. The molecule has 0 saturated heterocycles. The highest BCUT2D eigenvalue weighted by atomic mass is 16.5. The Bertz CT molecular complexity index is 951. The lowest BCUT2D eigenvalue weighted by Gasteiger charge is -2.11. The van der Waals surface area contributed by atoms with Gasteiger partial charge in [0.25, 0.3) is 5.91 Å². The zero-order chi connectivity index (χ0) is 19.2. The fourth-order valence-corrected chi connectivity index (χ4v) is 2.57. The first-order valence-corrected chi connectivity index (χ1v) is 8.31. The maximum absolute atomic E-state index is 12.4. The minimum atomic E-state index is -0.395. The number of nitrogens with one attached hydrogen (secondary N) is 2. The van der Waals surface area contributed by atoms with Crippen LogP contribution in [0.4, 0.5) is 5.82 Å². The van der Waals surface area contributed by atoms with Crippen molar-refractivity contribution in [3.05, 3.63) is 65.9 Å². The number of methoxy groups -OCH3 is 1.